The van der Waals surface area contributed by atoms with Gasteiger partial charge in [-0.25, -0.2) is 13.2 Å². The summed E-state index contributed by atoms with van der Waals surface area (Å²) in [6.45, 7) is 4.28. The third kappa shape index (κ3) is 5.42. The molecule has 1 heterocycles. The van der Waals surface area contributed by atoms with Crippen LogP contribution in [-0.2, 0) is 24.3 Å². The molecule has 2 aromatic rings. The second-order valence-corrected chi connectivity index (χ2v) is 9.43. The average Bonchev–Trinajstić information content (AvgIpc) is 2.76. The number of rotatable bonds is 6. The molecule has 1 amide bonds. The minimum atomic E-state index is -3.78. The summed E-state index contributed by atoms with van der Waals surface area (Å²) < 4.78 is 37.5. The topological polar surface area (TPSA) is 93.2 Å². The molecule has 2 atom stereocenters. The smallest absolute Gasteiger partial charge is 0.338 e. The van der Waals surface area contributed by atoms with Gasteiger partial charge in [0.05, 0.1) is 28.4 Å². The van der Waals surface area contributed by atoms with Crippen molar-refractivity contribution in [3.63, 3.8) is 0 Å². The molecule has 0 saturated carbocycles. The lowest BCUT2D eigenvalue weighted by Crippen LogP contribution is -2.49. The lowest BCUT2D eigenvalue weighted by atomic mass is 10.2. The SMILES string of the molecule is CC1CN(C(=O)COC(=O)c2ccc(S(=O)(=O)N(C)c3ccccc3)cc2)CC(C)O1. The minimum Gasteiger partial charge on any atom is -0.452 e. The Morgan fingerprint density at radius 1 is 1.03 bits per heavy atom. The highest BCUT2D eigenvalue weighted by Crippen LogP contribution is 2.22. The Kier molecular flexibility index (Phi) is 6.97. The average molecular weight is 447 g/mol. The van der Waals surface area contributed by atoms with Gasteiger partial charge in [0.1, 0.15) is 0 Å². The summed E-state index contributed by atoms with van der Waals surface area (Å²) >= 11 is 0. The molecule has 0 spiro atoms. The molecular formula is C22H26N2O6S. The number of para-hydroxylation sites is 1. The van der Waals surface area contributed by atoms with Crippen LogP contribution < -0.4 is 4.31 Å². The fourth-order valence-electron chi connectivity index (χ4n) is 3.38. The van der Waals surface area contributed by atoms with Gasteiger partial charge in [-0.2, -0.15) is 0 Å². The highest BCUT2D eigenvalue weighted by molar-refractivity contribution is 7.92. The zero-order chi connectivity index (χ0) is 22.6. The van der Waals surface area contributed by atoms with Crippen LogP contribution in [0.25, 0.3) is 0 Å². The monoisotopic (exact) mass is 446 g/mol. The van der Waals surface area contributed by atoms with E-state index in [9.17, 15) is 18.0 Å². The maximum Gasteiger partial charge on any atom is 0.338 e. The van der Waals surface area contributed by atoms with E-state index in [1.165, 1.54) is 35.6 Å². The highest BCUT2D eigenvalue weighted by Gasteiger charge is 2.27. The molecule has 0 N–H and O–H groups in total. The van der Waals surface area contributed by atoms with Crippen LogP contribution in [0.3, 0.4) is 0 Å². The van der Waals surface area contributed by atoms with Crippen molar-refractivity contribution in [3.8, 4) is 0 Å². The Labute approximate surface area is 182 Å². The van der Waals surface area contributed by atoms with E-state index < -0.39 is 16.0 Å². The number of hydrogen-bond acceptors (Lipinski definition) is 6. The highest BCUT2D eigenvalue weighted by atomic mass is 32.2. The third-order valence-electron chi connectivity index (χ3n) is 4.97. The number of carbonyl (C=O) groups excluding carboxylic acids is 2. The molecule has 9 heteroatoms. The number of nitrogens with zero attached hydrogens (tertiary/aromatic N) is 2. The number of morpholine rings is 1. The van der Waals surface area contributed by atoms with Gasteiger partial charge < -0.3 is 14.4 Å². The quantitative estimate of drug-likeness (QED) is 0.632. The molecule has 1 saturated heterocycles. The van der Waals surface area contributed by atoms with Crippen LogP contribution in [0.1, 0.15) is 24.2 Å². The van der Waals surface area contributed by atoms with E-state index in [4.69, 9.17) is 9.47 Å². The van der Waals surface area contributed by atoms with Crippen molar-refractivity contribution < 1.29 is 27.5 Å². The molecule has 166 valence electrons. The minimum absolute atomic E-state index is 0.0442. The standard InChI is InChI=1S/C22H26N2O6S/c1-16-13-24(14-17(2)30-16)21(25)15-29-22(26)18-9-11-20(12-10-18)31(27,28)23(3)19-7-5-4-6-8-19/h4-12,16-17H,13-15H2,1-3H3. The van der Waals surface area contributed by atoms with Crippen molar-refractivity contribution >= 4 is 27.6 Å². The fraction of sp³-hybridized carbons (Fsp3) is 0.364. The number of anilines is 1. The van der Waals surface area contributed by atoms with Gasteiger partial charge in [-0.3, -0.25) is 9.10 Å². The first-order chi connectivity index (χ1) is 14.7. The lowest BCUT2D eigenvalue weighted by molar-refractivity contribution is -0.146. The predicted octanol–water partition coefficient (Wildman–Crippen LogP) is 2.30. The Morgan fingerprint density at radius 3 is 2.19 bits per heavy atom. The number of esters is 1. The van der Waals surface area contributed by atoms with Crippen LogP contribution in [0.15, 0.2) is 59.5 Å². The number of amides is 1. The summed E-state index contributed by atoms with van der Waals surface area (Å²) in [5.41, 5.74) is 0.689. The molecule has 0 radical (unpaired) electrons. The lowest BCUT2D eigenvalue weighted by Gasteiger charge is -2.35. The second kappa shape index (κ2) is 9.49. The summed E-state index contributed by atoms with van der Waals surface area (Å²) in [5.74, 6) is -0.984. The van der Waals surface area contributed by atoms with Crippen molar-refractivity contribution in [2.45, 2.75) is 31.0 Å². The van der Waals surface area contributed by atoms with Crippen LogP contribution in [0.2, 0.25) is 0 Å². The molecule has 31 heavy (non-hydrogen) atoms. The van der Waals surface area contributed by atoms with E-state index in [2.05, 4.69) is 0 Å². The summed E-state index contributed by atoms with van der Waals surface area (Å²) in [7, 11) is -2.31. The van der Waals surface area contributed by atoms with Crippen LogP contribution in [0.4, 0.5) is 5.69 Å². The Hall–Kier alpha value is -2.91. The van der Waals surface area contributed by atoms with Crippen LogP contribution in [-0.4, -0.2) is 64.1 Å². The van der Waals surface area contributed by atoms with Gasteiger partial charge in [-0.1, -0.05) is 18.2 Å². The van der Waals surface area contributed by atoms with Crippen molar-refractivity contribution in [1.82, 2.24) is 4.90 Å². The molecule has 0 aliphatic carbocycles. The fourth-order valence-corrected chi connectivity index (χ4v) is 4.58. The second-order valence-electron chi connectivity index (χ2n) is 7.46. The molecular weight excluding hydrogens is 420 g/mol. The summed E-state index contributed by atoms with van der Waals surface area (Å²) in [6, 6.07) is 14.1. The summed E-state index contributed by atoms with van der Waals surface area (Å²) in [4.78, 5) is 26.3. The van der Waals surface area contributed by atoms with Crippen molar-refractivity contribution in [3.05, 3.63) is 60.2 Å². The molecule has 1 fully saturated rings. The number of hydrogen-bond donors (Lipinski definition) is 0. The molecule has 3 rings (SSSR count). The molecule has 2 aromatic carbocycles. The number of ether oxygens (including phenoxy) is 2. The van der Waals surface area contributed by atoms with Crippen LogP contribution in [0, 0.1) is 0 Å². The Morgan fingerprint density at radius 2 is 1.61 bits per heavy atom. The van der Waals surface area contributed by atoms with E-state index in [1.54, 1.807) is 35.2 Å². The molecule has 0 bridgehead atoms. The molecule has 1 aliphatic rings. The molecule has 8 nitrogen and oxygen atoms in total. The van der Waals surface area contributed by atoms with E-state index in [0.29, 0.717) is 18.8 Å². The van der Waals surface area contributed by atoms with Crippen LogP contribution >= 0.6 is 0 Å². The first kappa shape index (κ1) is 22.8. The first-order valence-corrected chi connectivity index (χ1v) is 11.4. The Bertz CT molecular complexity index is 1010. The van der Waals surface area contributed by atoms with E-state index in [-0.39, 0.29) is 35.2 Å². The van der Waals surface area contributed by atoms with Gasteiger partial charge in [0.15, 0.2) is 6.61 Å². The van der Waals surface area contributed by atoms with Gasteiger partial charge in [0.25, 0.3) is 15.9 Å². The van der Waals surface area contributed by atoms with E-state index >= 15 is 0 Å². The van der Waals surface area contributed by atoms with Gasteiger partial charge in [-0.15, -0.1) is 0 Å². The van der Waals surface area contributed by atoms with Crippen molar-refractivity contribution in [2.24, 2.45) is 0 Å². The van der Waals surface area contributed by atoms with Gasteiger partial charge in [0.2, 0.25) is 0 Å². The maximum atomic E-state index is 12.8. The third-order valence-corrected chi connectivity index (χ3v) is 6.77. The van der Waals surface area contributed by atoms with E-state index in [0.717, 1.165) is 0 Å². The predicted molar refractivity (Wildman–Crippen MR) is 115 cm³/mol. The number of benzene rings is 2. The zero-order valence-corrected chi connectivity index (χ0v) is 18.5. The van der Waals surface area contributed by atoms with Gasteiger partial charge >= 0.3 is 5.97 Å². The zero-order valence-electron chi connectivity index (χ0n) is 17.7. The molecule has 0 aromatic heterocycles. The molecule has 2 unspecified atom stereocenters. The Balaban J connectivity index is 1.62. The van der Waals surface area contributed by atoms with Gasteiger partial charge in [-0.05, 0) is 50.2 Å². The first-order valence-electron chi connectivity index (χ1n) is 9.93. The van der Waals surface area contributed by atoms with Crippen molar-refractivity contribution in [1.29, 1.82) is 0 Å². The summed E-state index contributed by atoms with van der Waals surface area (Å²) in [5, 5.41) is 0. The van der Waals surface area contributed by atoms with Crippen LogP contribution in [0.5, 0.6) is 0 Å². The maximum absolute atomic E-state index is 12.8. The van der Waals surface area contributed by atoms with E-state index in [1.807, 2.05) is 13.8 Å². The van der Waals surface area contributed by atoms with Crippen molar-refractivity contribution in [2.75, 3.05) is 31.0 Å². The summed E-state index contributed by atoms with van der Waals surface area (Å²) in [6.07, 6.45) is -0.154. The molecule has 1 aliphatic heterocycles. The largest absolute Gasteiger partial charge is 0.452 e. The normalized spacial score (nSPS) is 19.0. The van der Waals surface area contributed by atoms with Gasteiger partial charge in [0, 0.05) is 20.1 Å². The number of sulfonamides is 1. The number of carbonyl (C=O) groups is 2.